The molecule has 0 unspecified atom stereocenters. The minimum Gasteiger partial charge on any atom is -0.331 e. The standard InChI is InChI=1S/C12H11ClN4/c1-7-15-9-5-8(3-4-11(9)17(7)2)10-6-14-12(13)16-10/h3-6H,1-2H3,(H,14,16). The lowest BCUT2D eigenvalue weighted by molar-refractivity contribution is 0.886. The van der Waals surface area contributed by atoms with Gasteiger partial charge in [0.1, 0.15) is 5.82 Å². The summed E-state index contributed by atoms with van der Waals surface area (Å²) in [4.78, 5) is 11.5. The zero-order chi connectivity index (χ0) is 12.0. The van der Waals surface area contributed by atoms with Crippen molar-refractivity contribution in [2.45, 2.75) is 6.92 Å². The molecule has 2 aromatic heterocycles. The van der Waals surface area contributed by atoms with Crippen molar-refractivity contribution in [1.82, 2.24) is 19.5 Å². The smallest absolute Gasteiger partial charge is 0.200 e. The highest BCUT2D eigenvalue weighted by Crippen LogP contribution is 2.23. The Labute approximate surface area is 103 Å². The molecule has 4 nitrogen and oxygen atoms in total. The number of nitrogens with one attached hydrogen (secondary N) is 1. The molecular formula is C12H11ClN4. The molecule has 86 valence electrons. The Hall–Kier alpha value is -1.81. The Balaban J connectivity index is 2.20. The zero-order valence-corrected chi connectivity index (χ0v) is 10.3. The summed E-state index contributed by atoms with van der Waals surface area (Å²) in [6, 6.07) is 6.12. The van der Waals surface area contributed by atoms with Crippen LogP contribution < -0.4 is 0 Å². The monoisotopic (exact) mass is 246 g/mol. The van der Waals surface area contributed by atoms with Gasteiger partial charge in [-0.3, -0.25) is 0 Å². The van der Waals surface area contributed by atoms with Gasteiger partial charge in [-0.05, 0) is 30.7 Å². The number of aromatic nitrogens is 4. The van der Waals surface area contributed by atoms with Crippen LogP contribution in [0.4, 0.5) is 0 Å². The molecule has 0 saturated heterocycles. The fraction of sp³-hybridized carbons (Fsp3) is 0.167. The number of nitrogens with zero attached hydrogens (tertiary/aromatic N) is 3. The van der Waals surface area contributed by atoms with Gasteiger partial charge in [0.2, 0.25) is 0 Å². The highest BCUT2D eigenvalue weighted by molar-refractivity contribution is 6.28. The minimum atomic E-state index is 0.400. The first-order valence-corrected chi connectivity index (χ1v) is 5.67. The van der Waals surface area contributed by atoms with Crippen molar-refractivity contribution in [3.8, 4) is 11.3 Å². The number of benzene rings is 1. The predicted octanol–water partition coefficient (Wildman–Crippen LogP) is 2.93. The Morgan fingerprint density at radius 2 is 2.18 bits per heavy atom. The van der Waals surface area contributed by atoms with Gasteiger partial charge in [-0.25, -0.2) is 9.97 Å². The van der Waals surface area contributed by atoms with E-state index in [0.29, 0.717) is 5.28 Å². The van der Waals surface area contributed by atoms with Crippen LogP contribution in [0.2, 0.25) is 5.28 Å². The van der Waals surface area contributed by atoms with Crippen molar-refractivity contribution in [2.24, 2.45) is 7.05 Å². The lowest BCUT2D eigenvalue weighted by Gasteiger charge is -1.99. The summed E-state index contributed by atoms with van der Waals surface area (Å²) in [6.45, 7) is 1.99. The molecular weight excluding hydrogens is 236 g/mol. The summed E-state index contributed by atoms with van der Waals surface area (Å²) in [7, 11) is 2.01. The molecule has 1 aromatic carbocycles. The molecule has 0 aliphatic carbocycles. The van der Waals surface area contributed by atoms with Crippen LogP contribution in [0, 0.1) is 6.92 Å². The quantitative estimate of drug-likeness (QED) is 0.718. The van der Waals surface area contributed by atoms with E-state index in [4.69, 9.17) is 11.6 Å². The highest BCUT2D eigenvalue weighted by atomic mass is 35.5. The minimum absolute atomic E-state index is 0.400. The second kappa shape index (κ2) is 3.60. The summed E-state index contributed by atoms with van der Waals surface area (Å²) in [5.74, 6) is 1.000. The third-order valence-corrected chi connectivity index (χ3v) is 3.15. The largest absolute Gasteiger partial charge is 0.331 e. The Bertz CT molecular complexity index is 696. The molecule has 0 fully saturated rings. The van der Waals surface area contributed by atoms with Crippen LogP contribution in [0.15, 0.2) is 24.4 Å². The molecule has 2 heterocycles. The fourth-order valence-corrected chi connectivity index (χ4v) is 2.08. The normalized spacial score (nSPS) is 11.2. The average molecular weight is 247 g/mol. The average Bonchev–Trinajstić information content (AvgIpc) is 2.85. The van der Waals surface area contributed by atoms with E-state index in [1.165, 1.54) is 0 Å². The Morgan fingerprint density at radius 1 is 1.35 bits per heavy atom. The first-order valence-electron chi connectivity index (χ1n) is 5.29. The molecule has 5 heteroatoms. The van der Waals surface area contributed by atoms with E-state index < -0.39 is 0 Å². The van der Waals surface area contributed by atoms with Crippen molar-refractivity contribution in [3.63, 3.8) is 0 Å². The maximum absolute atomic E-state index is 5.77. The van der Waals surface area contributed by atoms with E-state index >= 15 is 0 Å². The van der Waals surface area contributed by atoms with Gasteiger partial charge < -0.3 is 9.55 Å². The van der Waals surface area contributed by atoms with E-state index in [-0.39, 0.29) is 0 Å². The molecule has 0 spiro atoms. The van der Waals surface area contributed by atoms with Crippen molar-refractivity contribution >= 4 is 22.6 Å². The highest BCUT2D eigenvalue weighted by Gasteiger charge is 2.07. The fourth-order valence-electron chi connectivity index (χ4n) is 1.93. The molecule has 0 atom stereocenters. The van der Waals surface area contributed by atoms with Gasteiger partial charge in [0.25, 0.3) is 0 Å². The molecule has 3 aromatic rings. The van der Waals surface area contributed by atoms with Gasteiger partial charge >= 0.3 is 0 Å². The number of rotatable bonds is 1. The molecule has 0 bridgehead atoms. The molecule has 1 N–H and O–H groups in total. The number of fused-ring (bicyclic) bond motifs is 1. The van der Waals surface area contributed by atoms with Crippen molar-refractivity contribution in [2.75, 3.05) is 0 Å². The van der Waals surface area contributed by atoms with E-state index in [1.54, 1.807) is 6.20 Å². The zero-order valence-electron chi connectivity index (χ0n) is 9.53. The molecule has 0 radical (unpaired) electrons. The summed E-state index contributed by atoms with van der Waals surface area (Å²) in [5, 5.41) is 0.400. The topological polar surface area (TPSA) is 46.5 Å². The van der Waals surface area contributed by atoms with Crippen LogP contribution in [-0.2, 0) is 7.05 Å². The lowest BCUT2D eigenvalue weighted by atomic mass is 10.1. The first-order chi connectivity index (χ1) is 8.15. The molecule has 0 aliphatic heterocycles. The molecule has 0 aliphatic rings. The molecule has 17 heavy (non-hydrogen) atoms. The van der Waals surface area contributed by atoms with E-state index in [0.717, 1.165) is 28.1 Å². The van der Waals surface area contributed by atoms with Gasteiger partial charge in [-0.2, -0.15) is 0 Å². The Kier molecular flexibility index (Phi) is 2.19. The maximum atomic E-state index is 5.77. The molecule has 0 saturated carbocycles. The predicted molar refractivity (Wildman–Crippen MR) is 68.0 cm³/mol. The third-order valence-electron chi connectivity index (χ3n) is 2.96. The van der Waals surface area contributed by atoms with Crippen LogP contribution in [0.3, 0.4) is 0 Å². The maximum Gasteiger partial charge on any atom is 0.200 e. The van der Waals surface area contributed by atoms with Crippen LogP contribution in [0.1, 0.15) is 5.82 Å². The summed E-state index contributed by atoms with van der Waals surface area (Å²) < 4.78 is 2.07. The van der Waals surface area contributed by atoms with Crippen LogP contribution in [0.5, 0.6) is 0 Å². The van der Waals surface area contributed by atoms with Gasteiger partial charge in [0.15, 0.2) is 5.28 Å². The summed E-state index contributed by atoms with van der Waals surface area (Å²) in [5.41, 5.74) is 4.04. The van der Waals surface area contributed by atoms with Gasteiger partial charge in [-0.15, -0.1) is 0 Å². The summed E-state index contributed by atoms with van der Waals surface area (Å²) >= 11 is 5.77. The first kappa shape index (κ1) is 10.4. The second-order valence-corrected chi connectivity index (χ2v) is 4.37. The van der Waals surface area contributed by atoms with Crippen LogP contribution >= 0.6 is 11.6 Å². The Morgan fingerprint density at radius 3 is 2.88 bits per heavy atom. The van der Waals surface area contributed by atoms with Crippen molar-refractivity contribution in [3.05, 3.63) is 35.5 Å². The number of imidazole rings is 2. The number of aromatic amines is 1. The van der Waals surface area contributed by atoms with Gasteiger partial charge in [0, 0.05) is 12.6 Å². The van der Waals surface area contributed by atoms with Gasteiger partial charge in [0.05, 0.1) is 22.9 Å². The van der Waals surface area contributed by atoms with Crippen molar-refractivity contribution < 1.29 is 0 Å². The van der Waals surface area contributed by atoms with E-state index in [9.17, 15) is 0 Å². The number of hydrogen-bond acceptors (Lipinski definition) is 2. The number of halogens is 1. The number of hydrogen-bond donors (Lipinski definition) is 1. The number of aryl methyl sites for hydroxylation is 2. The van der Waals surface area contributed by atoms with Gasteiger partial charge in [-0.1, -0.05) is 6.07 Å². The van der Waals surface area contributed by atoms with Crippen molar-refractivity contribution in [1.29, 1.82) is 0 Å². The third kappa shape index (κ3) is 1.61. The van der Waals surface area contributed by atoms with E-state index in [1.807, 2.05) is 26.1 Å². The second-order valence-electron chi connectivity index (χ2n) is 4.01. The van der Waals surface area contributed by atoms with Crippen LogP contribution in [0.25, 0.3) is 22.3 Å². The summed E-state index contributed by atoms with van der Waals surface area (Å²) in [6.07, 6.45) is 1.72. The molecule has 3 rings (SSSR count). The SMILES string of the molecule is Cc1nc2cc(-c3cnc(Cl)[nH]3)ccc2n1C. The van der Waals surface area contributed by atoms with Crippen LogP contribution in [-0.4, -0.2) is 19.5 Å². The molecule has 0 amide bonds. The lowest BCUT2D eigenvalue weighted by Crippen LogP contribution is -1.89. The number of H-pyrrole nitrogens is 1. The van der Waals surface area contributed by atoms with E-state index in [2.05, 4.69) is 25.6 Å².